The average Bonchev–Trinajstić information content (AvgIpc) is 2.60. The van der Waals surface area contributed by atoms with E-state index in [1.807, 2.05) is 14.0 Å². The molecule has 0 spiro atoms. The van der Waals surface area contributed by atoms with Crippen LogP contribution in [-0.2, 0) is 14.3 Å². The molecule has 5 heteroatoms. The predicted octanol–water partition coefficient (Wildman–Crippen LogP) is 0.559. The van der Waals surface area contributed by atoms with E-state index in [0.29, 0.717) is 12.5 Å². The molecule has 1 rings (SSSR count). The lowest BCUT2D eigenvalue weighted by Crippen LogP contribution is -2.19. The summed E-state index contributed by atoms with van der Waals surface area (Å²) in [5.74, 6) is -0.253. The minimum absolute atomic E-state index is 0.292. The molecule has 1 heterocycles. The monoisotopic (exact) mass is 231 g/mol. The molecule has 1 fully saturated rings. The van der Waals surface area contributed by atoms with Gasteiger partial charge in [-0.1, -0.05) is 6.92 Å². The van der Waals surface area contributed by atoms with E-state index in [1.165, 1.54) is 6.92 Å². The number of aliphatic hydroxyl groups excluding tert-OH is 1. The van der Waals surface area contributed by atoms with Crippen LogP contribution in [0.4, 0.5) is 0 Å². The van der Waals surface area contributed by atoms with Gasteiger partial charge in [0.05, 0.1) is 6.61 Å². The first-order chi connectivity index (χ1) is 7.49. The van der Waals surface area contributed by atoms with Crippen LogP contribution in [-0.4, -0.2) is 48.2 Å². The highest BCUT2D eigenvalue weighted by molar-refractivity contribution is 5.77. The standard InChI is InChI=1S/C6H12O3.C5H9NO/c1-3-4-9-6(8)5(2)7;1-6-4-2-3-5(6)7/h5,7H,3-4H2,1-2H3;2-4H2,1H3. The fraction of sp³-hybridized carbons (Fsp3) is 0.818. The summed E-state index contributed by atoms with van der Waals surface area (Å²) in [6.07, 6.45) is 1.61. The molecule has 0 aromatic rings. The second kappa shape index (κ2) is 8.10. The highest BCUT2D eigenvalue weighted by Gasteiger charge is 2.14. The Morgan fingerprint density at radius 1 is 1.62 bits per heavy atom. The van der Waals surface area contributed by atoms with Crippen LogP contribution in [0.5, 0.6) is 0 Å². The van der Waals surface area contributed by atoms with Gasteiger partial charge in [0, 0.05) is 20.0 Å². The summed E-state index contributed by atoms with van der Waals surface area (Å²) in [5, 5.41) is 8.57. The van der Waals surface area contributed by atoms with Crippen LogP contribution < -0.4 is 0 Å². The molecular weight excluding hydrogens is 210 g/mol. The Hall–Kier alpha value is -1.10. The Kier molecular flexibility index (Phi) is 7.54. The molecule has 0 aromatic carbocycles. The van der Waals surface area contributed by atoms with Crippen LogP contribution in [0.25, 0.3) is 0 Å². The lowest BCUT2D eigenvalue weighted by molar-refractivity contribution is -0.152. The van der Waals surface area contributed by atoms with E-state index in [-0.39, 0.29) is 0 Å². The number of amides is 1. The van der Waals surface area contributed by atoms with Crippen LogP contribution >= 0.6 is 0 Å². The fourth-order valence-electron chi connectivity index (χ4n) is 1.11. The van der Waals surface area contributed by atoms with E-state index in [2.05, 4.69) is 4.74 Å². The second-order valence-electron chi connectivity index (χ2n) is 3.76. The Bertz CT molecular complexity index is 228. The summed E-state index contributed by atoms with van der Waals surface area (Å²) in [7, 11) is 1.84. The van der Waals surface area contributed by atoms with Crippen LogP contribution in [0.15, 0.2) is 0 Å². The SMILES string of the molecule is CCCOC(=O)C(C)O.CN1CCCC1=O. The van der Waals surface area contributed by atoms with Gasteiger partial charge in [-0.25, -0.2) is 4.79 Å². The number of rotatable bonds is 3. The lowest BCUT2D eigenvalue weighted by Gasteiger charge is -2.03. The van der Waals surface area contributed by atoms with Crippen molar-refractivity contribution in [2.24, 2.45) is 0 Å². The van der Waals surface area contributed by atoms with Crippen molar-refractivity contribution in [2.75, 3.05) is 20.2 Å². The Balaban J connectivity index is 0.000000288. The van der Waals surface area contributed by atoms with Crippen molar-refractivity contribution in [1.82, 2.24) is 4.90 Å². The van der Waals surface area contributed by atoms with Gasteiger partial charge >= 0.3 is 5.97 Å². The molecule has 94 valence electrons. The molecule has 1 unspecified atom stereocenters. The van der Waals surface area contributed by atoms with Crippen molar-refractivity contribution < 1.29 is 19.4 Å². The zero-order chi connectivity index (χ0) is 12.6. The Morgan fingerprint density at radius 2 is 2.25 bits per heavy atom. The Morgan fingerprint density at radius 3 is 2.50 bits per heavy atom. The number of hydrogen-bond donors (Lipinski definition) is 1. The second-order valence-corrected chi connectivity index (χ2v) is 3.76. The zero-order valence-electron chi connectivity index (χ0n) is 10.2. The summed E-state index contributed by atoms with van der Waals surface area (Å²) in [4.78, 5) is 22.7. The van der Waals surface area contributed by atoms with Crippen LogP contribution in [0.3, 0.4) is 0 Å². The van der Waals surface area contributed by atoms with Crippen LogP contribution in [0, 0.1) is 0 Å². The van der Waals surface area contributed by atoms with Gasteiger partial charge in [-0.05, 0) is 19.8 Å². The molecule has 0 aromatic heterocycles. The van der Waals surface area contributed by atoms with Crippen molar-refractivity contribution >= 4 is 11.9 Å². The maximum absolute atomic E-state index is 10.5. The van der Waals surface area contributed by atoms with Crippen molar-refractivity contribution in [3.05, 3.63) is 0 Å². The highest BCUT2D eigenvalue weighted by atomic mass is 16.5. The number of esters is 1. The molecule has 0 saturated carbocycles. The number of carbonyl (C=O) groups excluding carboxylic acids is 2. The highest BCUT2D eigenvalue weighted by Crippen LogP contribution is 2.04. The summed E-state index contributed by atoms with van der Waals surface area (Å²) in [6.45, 7) is 4.63. The minimum atomic E-state index is -0.989. The average molecular weight is 231 g/mol. The topological polar surface area (TPSA) is 66.8 Å². The normalized spacial score (nSPS) is 16.5. The molecule has 5 nitrogen and oxygen atoms in total. The van der Waals surface area contributed by atoms with Gasteiger partial charge in [-0.2, -0.15) is 0 Å². The Labute approximate surface area is 96.4 Å². The molecule has 1 aliphatic rings. The maximum atomic E-state index is 10.5. The first-order valence-electron chi connectivity index (χ1n) is 5.57. The third kappa shape index (κ3) is 6.40. The maximum Gasteiger partial charge on any atom is 0.334 e. The van der Waals surface area contributed by atoms with Crippen molar-refractivity contribution in [3.8, 4) is 0 Å². The molecule has 1 atom stereocenters. The van der Waals surface area contributed by atoms with Crippen molar-refractivity contribution in [1.29, 1.82) is 0 Å². The molecule has 0 radical (unpaired) electrons. The summed E-state index contributed by atoms with van der Waals surface area (Å²) >= 11 is 0. The van der Waals surface area contributed by atoms with Gasteiger partial charge < -0.3 is 14.7 Å². The molecule has 1 amide bonds. The van der Waals surface area contributed by atoms with Crippen molar-refractivity contribution in [3.63, 3.8) is 0 Å². The molecule has 1 N–H and O–H groups in total. The molecular formula is C11H21NO4. The molecule has 0 bridgehead atoms. The lowest BCUT2D eigenvalue weighted by atomic mass is 10.4. The van der Waals surface area contributed by atoms with Gasteiger partial charge in [0.1, 0.15) is 6.10 Å². The first kappa shape index (κ1) is 14.9. The number of likely N-dealkylation sites (tertiary alicyclic amines) is 1. The smallest absolute Gasteiger partial charge is 0.334 e. The van der Waals surface area contributed by atoms with Gasteiger partial charge in [0.2, 0.25) is 5.91 Å². The van der Waals surface area contributed by atoms with Crippen LogP contribution in [0.1, 0.15) is 33.1 Å². The first-order valence-corrected chi connectivity index (χ1v) is 5.57. The number of aliphatic hydroxyl groups is 1. The number of ether oxygens (including phenoxy) is 1. The van der Waals surface area contributed by atoms with E-state index in [0.717, 1.165) is 25.8 Å². The van der Waals surface area contributed by atoms with E-state index >= 15 is 0 Å². The van der Waals surface area contributed by atoms with E-state index < -0.39 is 12.1 Å². The van der Waals surface area contributed by atoms with Crippen molar-refractivity contribution in [2.45, 2.75) is 39.2 Å². The number of carbonyl (C=O) groups is 2. The van der Waals surface area contributed by atoms with E-state index in [1.54, 1.807) is 4.90 Å². The zero-order valence-corrected chi connectivity index (χ0v) is 10.2. The summed E-state index contributed by atoms with van der Waals surface area (Å²) in [6, 6.07) is 0. The largest absolute Gasteiger partial charge is 0.464 e. The van der Waals surface area contributed by atoms with E-state index in [4.69, 9.17) is 5.11 Å². The van der Waals surface area contributed by atoms with Gasteiger partial charge in [-0.15, -0.1) is 0 Å². The third-order valence-corrected chi connectivity index (χ3v) is 2.10. The minimum Gasteiger partial charge on any atom is -0.464 e. The molecule has 0 aliphatic carbocycles. The summed E-state index contributed by atoms with van der Waals surface area (Å²) in [5.41, 5.74) is 0. The van der Waals surface area contributed by atoms with Gasteiger partial charge in [0.25, 0.3) is 0 Å². The van der Waals surface area contributed by atoms with Gasteiger partial charge in [0.15, 0.2) is 0 Å². The number of nitrogens with zero attached hydrogens (tertiary/aromatic N) is 1. The molecule has 16 heavy (non-hydrogen) atoms. The summed E-state index contributed by atoms with van der Waals surface area (Å²) < 4.78 is 4.56. The van der Waals surface area contributed by atoms with Crippen LogP contribution in [0.2, 0.25) is 0 Å². The fourth-order valence-corrected chi connectivity index (χ4v) is 1.11. The van der Waals surface area contributed by atoms with E-state index in [9.17, 15) is 9.59 Å². The molecule has 1 saturated heterocycles. The predicted molar refractivity (Wildman–Crippen MR) is 59.8 cm³/mol. The third-order valence-electron chi connectivity index (χ3n) is 2.10. The number of hydrogen-bond acceptors (Lipinski definition) is 4. The quantitative estimate of drug-likeness (QED) is 0.721. The molecule has 1 aliphatic heterocycles. The van der Waals surface area contributed by atoms with Gasteiger partial charge in [-0.3, -0.25) is 4.79 Å².